The summed E-state index contributed by atoms with van der Waals surface area (Å²) in [6, 6.07) is 3.11. The summed E-state index contributed by atoms with van der Waals surface area (Å²) in [5.74, 6) is -0.532. The van der Waals surface area contributed by atoms with Gasteiger partial charge in [-0.2, -0.15) is 18.3 Å². The number of halogens is 3. The molecule has 1 aliphatic heterocycles. The van der Waals surface area contributed by atoms with E-state index in [0.717, 1.165) is 17.3 Å². The Morgan fingerprint density at radius 1 is 1.44 bits per heavy atom. The van der Waals surface area contributed by atoms with Gasteiger partial charge in [-0.3, -0.25) is 14.3 Å². The van der Waals surface area contributed by atoms with E-state index < -0.39 is 24.7 Å². The zero-order valence-corrected chi connectivity index (χ0v) is 13.8. The number of aromatic nitrogens is 2. The molecular formula is C15H15F3N4O2S. The predicted octanol–water partition coefficient (Wildman–Crippen LogP) is 2.64. The predicted molar refractivity (Wildman–Crippen MR) is 84.8 cm³/mol. The third-order valence-electron chi connectivity index (χ3n) is 3.78. The van der Waals surface area contributed by atoms with Crippen molar-refractivity contribution >= 4 is 28.8 Å². The van der Waals surface area contributed by atoms with E-state index in [1.807, 2.05) is 17.5 Å². The number of thiophene rings is 1. The molecule has 2 amide bonds. The third-order valence-corrected chi connectivity index (χ3v) is 4.64. The monoisotopic (exact) mass is 372 g/mol. The zero-order chi connectivity index (χ0) is 18.0. The van der Waals surface area contributed by atoms with Crippen molar-refractivity contribution in [1.82, 2.24) is 14.7 Å². The Morgan fingerprint density at radius 2 is 2.24 bits per heavy atom. The number of carbonyl (C=O) groups excluding carboxylic acids is 2. The summed E-state index contributed by atoms with van der Waals surface area (Å²) in [6.45, 7) is -0.878. The van der Waals surface area contributed by atoms with E-state index in [1.165, 1.54) is 16.2 Å². The summed E-state index contributed by atoms with van der Waals surface area (Å²) in [7, 11) is 0. The maximum atomic E-state index is 12.4. The lowest BCUT2D eigenvalue weighted by Crippen LogP contribution is -2.40. The average Bonchev–Trinajstić information content (AvgIpc) is 3.22. The van der Waals surface area contributed by atoms with Crippen LogP contribution in [0.3, 0.4) is 0 Å². The van der Waals surface area contributed by atoms with Gasteiger partial charge in [-0.1, -0.05) is 6.07 Å². The zero-order valence-electron chi connectivity index (χ0n) is 13.0. The van der Waals surface area contributed by atoms with Crippen LogP contribution in [0.4, 0.5) is 18.9 Å². The highest BCUT2D eigenvalue weighted by Gasteiger charge is 2.36. The Kier molecular flexibility index (Phi) is 4.80. The Morgan fingerprint density at radius 3 is 2.92 bits per heavy atom. The number of hydrogen-bond donors (Lipinski definition) is 1. The van der Waals surface area contributed by atoms with E-state index in [9.17, 15) is 22.8 Å². The molecule has 6 nitrogen and oxygen atoms in total. The Labute approximate surface area is 145 Å². The normalized spacial score (nSPS) is 18.0. The van der Waals surface area contributed by atoms with Crippen LogP contribution in [0.1, 0.15) is 17.7 Å². The number of nitrogens with one attached hydrogen (secondary N) is 1. The summed E-state index contributed by atoms with van der Waals surface area (Å²) in [6.07, 6.45) is -1.46. The van der Waals surface area contributed by atoms with E-state index in [0.29, 0.717) is 17.6 Å². The molecule has 0 spiro atoms. The Bertz CT molecular complexity index is 757. The molecule has 0 aromatic carbocycles. The molecule has 0 aliphatic carbocycles. The van der Waals surface area contributed by atoms with Crippen LogP contribution in [0.25, 0.3) is 0 Å². The maximum Gasteiger partial charge on any atom is 0.408 e. The van der Waals surface area contributed by atoms with Crippen molar-refractivity contribution in [3.8, 4) is 0 Å². The summed E-state index contributed by atoms with van der Waals surface area (Å²) >= 11 is 1.49. The van der Waals surface area contributed by atoms with Gasteiger partial charge in [0.2, 0.25) is 11.8 Å². The van der Waals surface area contributed by atoms with Crippen LogP contribution in [0, 0.1) is 0 Å². The first-order valence-corrected chi connectivity index (χ1v) is 8.42. The van der Waals surface area contributed by atoms with Gasteiger partial charge in [0.25, 0.3) is 0 Å². The van der Waals surface area contributed by atoms with Crippen LogP contribution in [-0.2, 0) is 22.7 Å². The van der Waals surface area contributed by atoms with Gasteiger partial charge in [0.1, 0.15) is 12.6 Å². The molecule has 1 atom stereocenters. The molecule has 1 N–H and O–H groups in total. The van der Waals surface area contributed by atoms with Crippen molar-refractivity contribution in [1.29, 1.82) is 0 Å². The molecule has 134 valence electrons. The molecule has 0 saturated carbocycles. The SMILES string of the molecule is O=C(Nc1cnn(CC(F)(F)F)c1)[C@H]1CCC(=O)N1Cc1cccs1. The van der Waals surface area contributed by atoms with Crippen LogP contribution < -0.4 is 5.32 Å². The van der Waals surface area contributed by atoms with E-state index in [4.69, 9.17) is 0 Å². The second-order valence-corrected chi connectivity index (χ2v) is 6.72. The minimum absolute atomic E-state index is 0.110. The number of rotatable bonds is 5. The van der Waals surface area contributed by atoms with Crippen LogP contribution in [0.2, 0.25) is 0 Å². The summed E-state index contributed by atoms with van der Waals surface area (Å²) in [5, 5.41) is 8.01. The van der Waals surface area contributed by atoms with Crippen molar-refractivity contribution in [2.45, 2.75) is 38.1 Å². The van der Waals surface area contributed by atoms with Crippen molar-refractivity contribution in [3.63, 3.8) is 0 Å². The number of carbonyl (C=O) groups is 2. The molecule has 0 unspecified atom stereocenters. The first-order valence-electron chi connectivity index (χ1n) is 7.54. The van der Waals surface area contributed by atoms with Gasteiger partial charge < -0.3 is 10.2 Å². The average molecular weight is 372 g/mol. The van der Waals surface area contributed by atoms with Crippen LogP contribution in [-0.4, -0.2) is 38.7 Å². The van der Waals surface area contributed by atoms with Crippen molar-refractivity contribution < 1.29 is 22.8 Å². The second-order valence-electron chi connectivity index (χ2n) is 5.69. The van der Waals surface area contributed by atoms with Crippen molar-refractivity contribution in [3.05, 3.63) is 34.8 Å². The number of nitrogens with zero attached hydrogens (tertiary/aromatic N) is 3. The minimum atomic E-state index is -4.39. The molecule has 10 heteroatoms. The maximum absolute atomic E-state index is 12.4. The molecule has 2 aromatic heterocycles. The lowest BCUT2D eigenvalue weighted by molar-refractivity contribution is -0.142. The van der Waals surface area contributed by atoms with Crippen LogP contribution >= 0.6 is 11.3 Å². The van der Waals surface area contributed by atoms with Gasteiger partial charge in [-0.05, 0) is 17.9 Å². The smallest absolute Gasteiger partial charge is 0.326 e. The van der Waals surface area contributed by atoms with Gasteiger partial charge in [-0.15, -0.1) is 11.3 Å². The fourth-order valence-corrected chi connectivity index (χ4v) is 3.40. The molecule has 0 bridgehead atoms. The van der Waals surface area contributed by atoms with E-state index in [1.54, 1.807) is 0 Å². The Balaban J connectivity index is 1.64. The number of amides is 2. The first kappa shape index (κ1) is 17.5. The standard InChI is InChI=1S/C15H15F3N4O2S/c16-15(17,18)9-21-7-10(6-19-21)20-14(24)12-3-4-13(23)22(12)8-11-2-1-5-25-11/h1-2,5-7,12H,3-4,8-9H2,(H,20,24)/t12-/m1/s1. The number of hydrogen-bond acceptors (Lipinski definition) is 4. The van der Waals surface area contributed by atoms with E-state index >= 15 is 0 Å². The molecule has 1 aliphatic rings. The van der Waals surface area contributed by atoms with Gasteiger partial charge in [0, 0.05) is 17.5 Å². The molecular weight excluding hydrogens is 357 g/mol. The fourth-order valence-electron chi connectivity index (χ4n) is 2.70. The van der Waals surface area contributed by atoms with E-state index in [2.05, 4.69) is 10.4 Å². The lowest BCUT2D eigenvalue weighted by atomic mass is 10.2. The van der Waals surface area contributed by atoms with Gasteiger partial charge in [0.05, 0.1) is 18.4 Å². The fraction of sp³-hybridized carbons (Fsp3) is 0.400. The molecule has 3 rings (SSSR count). The molecule has 25 heavy (non-hydrogen) atoms. The second kappa shape index (κ2) is 6.87. The van der Waals surface area contributed by atoms with Gasteiger partial charge in [-0.25, -0.2) is 0 Å². The highest BCUT2D eigenvalue weighted by Crippen LogP contribution is 2.24. The number of alkyl halides is 3. The van der Waals surface area contributed by atoms with Crippen LogP contribution in [0.15, 0.2) is 29.9 Å². The van der Waals surface area contributed by atoms with Crippen LogP contribution in [0.5, 0.6) is 0 Å². The van der Waals surface area contributed by atoms with Crippen molar-refractivity contribution in [2.75, 3.05) is 5.32 Å². The summed E-state index contributed by atoms with van der Waals surface area (Å²) < 4.78 is 37.7. The van der Waals surface area contributed by atoms with Gasteiger partial charge >= 0.3 is 6.18 Å². The molecule has 2 aromatic rings. The topological polar surface area (TPSA) is 67.2 Å². The minimum Gasteiger partial charge on any atom is -0.326 e. The molecule has 1 fully saturated rings. The Hall–Kier alpha value is -2.36. The lowest BCUT2D eigenvalue weighted by Gasteiger charge is -2.23. The highest BCUT2D eigenvalue weighted by atomic mass is 32.1. The highest BCUT2D eigenvalue weighted by molar-refractivity contribution is 7.09. The molecule has 3 heterocycles. The number of likely N-dealkylation sites (tertiary alicyclic amines) is 1. The largest absolute Gasteiger partial charge is 0.408 e. The number of anilines is 1. The van der Waals surface area contributed by atoms with Crippen molar-refractivity contribution in [2.24, 2.45) is 0 Å². The third kappa shape index (κ3) is 4.38. The molecule has 1 saturated heterocycles. The first-order chi connectivity index (χ1) is 11.8. The quantitative estimate of drug-likeness (QED) is 0.877. The summed E-state index contributed by atoms with van der Waals surface area (Å²) in [5.41, 5.74) is 0.171. The van der Waals surface area contributed by atoms with Gasteiger partial charge in [0.15, 0.2) is 0 Å². The summed E-state index contributed by atoms with van der Waals surface area (Å²) in [4.78, 5) is 26.9. The molecule has 0 radical (unpaired) electrons. The van der Waals surface area contributed by atoms with E-state index in [-0.39, 0.29) is 18.0 Å².